The Morgan fingerprint density at radius 3 is 2.37 bits per heavy atom. The highest BCUT2D eigenvalue weighted by Crippen LogP contribution is 2.24. The molecule has 0 unspecified atom stereocenters. The van der Waals surface area contributed by atoms with E-state index in [0.29, 0.717) is 25.1 Å². The Labute approximate surface area is 160 Å². The summed E-state index contributed by atoms with van der Waals surface area (Å²) in [5, 5.41) is 14.3. The minimum absolute atomic E-state index is 0.0786. The summed E-state index contributed by atoms with van der Waals surface area (Å²) in [6.45, 7) is 5.87. The number of hydrogen-bond acceptors (Lipinski definition) is 3. The zero-order valence-electron chi connectivity index (χ0n) is 16.2. The highest BCUT2D eigenvalue weighted by atomic mass is 19.1. The van der Waals surface area contributed by atoms with Gasteiger partial charge in [-0.25, -0.2) is 9.18 Å². The third kappa shape index (κ3) is 8.21. The van der Waals surface area contributed by atoms with Crippen molar-refractivity contribution in [2.24, 2.45) is 23.5 Å². The van der Waals surface area contributed by atoms with Gasteiger partial charge in [-0.2, -0.15) is 0 Å². The summed E-state index contributed by atoms with van der Waals surface area (Å²) in [5.41, 5.74) is 6.34. The molecule has 0 fully saturated rings. The van der Waals surface area contributed by atoms with Crippen molar-refractivity contribution in [2.75, 3.05) is 11.9 Å². The zero-order valence-corrected chi connectivity index (χ0v) is 16.2. The lowest BCUT2D eigenvalue weighted by molar-refractivity contribution is -0.118. The Morgan fingerprint density at radius 1 is 1.22 bits per heavy atom. The molecule has 7 heteroatoms. The van der Waals surface area contributed by atoms with E-state index in [1.807, 2.05) is 13.8 Å². The molecule has 1 aromatic rings. The second-order valence-electron chi connectivity index (χ2n) is 6.97. The lowest BCUT2D eigenvalue weighted by atomic mass is 9.92. The van der Waals surface area contributed by atoms with Gasteiger partial charge < -0.3 is 21.5 Å². The van der Waals surface area contributed by atoms with Crippen molar-refractivity contribution in [3.8, 4) is 0 Å². The molecule has 1 aromatic carbocycles. The molecule has 1 rings (SSSR count). The summed E-state index contributed by atoms with van der Waals surface area (Å²) in [6, 6.07) is 6.16. The summed E-state index contributed by atoms with van der Waals surface area (Å²) in [6.07, 6.45) is 2.23. The quantitative estimate of drug-likeness (QED) is 0.469. The monoisotopic (exact) mass is 379 g/mol. The number of nitrogens with one attached hydrogen (secondary N) is 2. The van der Waals surface area contributed by atoms with E-state index in [1.54, 1.807) is 31.2 Å². The van der Waals surface area contributed by atoms with E-state index >= 15 is 0 Å². The summed E-state index contributed by atoms with van der Waals surface area (Å²) < 4.78 is 14.5. The number of carbonyl (C=O) groups is 2. The topological polar surface area (TPSA) is 104 Å². The SMILES string of the molecule is CC(C)[C@H](C)/C(F)=C/[C@@H](CCCNC(N)=O)C(=O)Nc1ccc(CO)cc1. The fraction of sp³-hybridized carbons (Fsp3) is 0.500. The van der Waals surface area contributed by atoms with Crippen LogP contribution in [-0.2, 0) is 11.4 Å². The number of primary amides is 1. The Balaban J connectivity index is 2.84. The van der Waals surface area contributed by atoms with Crippen molar-refractivity contribution >= 4 is 17.6 Å². The predicted octanol–water partition coefficient (Wildman–Crippen LogP) is 3.33. The largest absolute Gasteiger partial charge is 0.392 e. The lowest BCUT2D eigenvalue weighted by Crippen LogP contribution is -2.31. The van der Waals surface area contributed by atoms with Gasteiger partial charge >= 0.3 is 6.03 Å². The summed E-state index contributed by atoms with van der Waals surface area (Å²) in [5.74, 6) is -1.47. The molecule has 0 aliphatic heterocycles. The highest BCUT2D eigenvalue weighted by molar-refractivity contribution is 5.93. The van der Waals surface area contributed by atoms with Crippen molar-refractivity contribution in [3.63, 3.8) is 0 Å². The molecule has 0 radical (unpaired) electrons. The van der Waals surface area contributed by atoms with Crippen molar-refractivity contribution in [3.05, 3.63) is 41.7 Å². The highest BCUT2D eigenvalue weighted by Gasteiger charge is 2.20. The minimum Gasteiger partial charge on any atom is -0.392 e. The number of amides is 3. The van der Waals surface area contributed by atoms with Crippen LogP contribution in [0.15, 0.2) is 36.2 Å². The predicted molar refractivity (Wildman–Crippen MR) is 104 cm³/mol. The molecule has 3 amide bonds. The van der Waals surface area contributed by atoms with Crippen LogP contribution in [0.1, 0.15) is 39.2 Å². The number of benzene rings is 1. The standard InChI is InChI=1S/C20H30FN3O3/c1-13(2)14(3)18(21)11-16(5-4-10-23-20(22)27)19(26)24-17-8-6-15(12-25)7-9-17/h6-9,11,13-14,16,25H,4-5,10,12H2,1-3H3,(H,24,26)(H3,22,23,27)/b18-11-/t14-,16+/m0/s1. The smallest absolute Gasteiger partial charge is 0.312 e. The second kappa shape index (κ2) is 11.3. The Bertz CT molecular complexity index is 644. The third-order valence-corrected chi connectivity index (χ3v) is 4.53. The number of aliphatic hydroxyl groups is 1. The molecule has 0 aliphatic carbocycles. The number of carbonyl (C=O) groups excluding carboxylic acids is 2. The minimum atomic E-state index is -0.668. The first-order valence-corrected chi connectivity index (χ1v) is 9.15. The molecule has 0 spiro atoms. The molecule has 150 valence electrons. The fourth-order valence-corrected chi connectivity index (χ4v) is 2.41. The van der Waals surface area contributed by atoms with E-state index in [4.69, 9.17) is 10.8 Å². The van der Waals surface area contributed by atoms with Gasteiger partial charge in [-0.3, -0.25) is 4.79 Å². The van der Waals surface area contributed by atoms with Crippen molar-refractivity contribution < 1.29 is 19.1 Å². The van der Waals surface area contributed by atoms with E-state index in [0.717, 1.165) is 5.56 Å². The molecule has 0 heterocycles. The number of hydrogen-bond donors (Lipinski definition) is 4. The first-order chi connectivity index (χ1) is 12.7. The first-order valence-electron chi connectivity index (χ1n) is 9.15. The molecule has 2 atom stereocenters. The molecule has 6 nitrogen and oxygen atoms in total. The molecule has 27 heavy (non-hydrogen) atoms. The second-order valence-corrected chi connectivity index (χ2v) is 6.97. The van der Waals surface area contributed by atoms with Crippen molar-refractivity contribution in [1.29, 1.82) is 0 Å². The number of urea groups is 1. The Morgan fingerprint density at radius 2 is 1.85 bits per heavy atom. The number of halogens is 1. The maximum atomic E-state index is 14.5. The van der Waals surface area contributed by atoms with Crippen molar-refractivity contribution in [1.82, 2.24) is 5.32 Å². The van der Waals surface area contributed by atoms with Crippen LogP contribution in [0.5, 0.6) is 0 Å². The van der Waals surface area contributed by atoms with Crippen LogP contribution in [0.4, 0.5) is 14.9 Å². The van der Waals surface area contributed by atoms with E-state index < -0.39 is 11.9 Å². The summed E-state index contributed by atoms with van der Waals surface area (Å²) in [4.78, 5) is 23.4. The number of aliphatic hydroxyl groups excluding tert-OH is 1. The number of anilines is 1. The molecular formula is C20H30FN3O3. The van der Waals surface area contributed by atoms with Crippen LogP contribution in [0.25, 0.3) is 0 Å². The van der Waals surface area contributed by atoms with Gasteiger partial charge in [0.15, 0.2) is 0 Å². The average molecular weight is 379 g/mol. The van der Waals surface area contributed by atoms with Crippen LogP contribution in [0, 0.1) is 17.8 Å². The Hall–Kier alpha value is -2.41. The molecule has 0 saturated carbocycles. The normalized spacial score (nSPS) is 13.9. The summed E-state index contributed by atoms with van der Waals surface area (Å²) in [7, 11) is 0. The zero-order chi connectivity index (χ0) is 20.4. The van der Waals surface area contributed by atoms with Gasteiger partial charge in [0.25, 0.3) is 0 Å². The molecule has 0 bridgehead atoms. The lowest BCUT2D eigenvalue weighted by Gasteiger charge is -2.18. The molecule has 0 aromatic heterocycles. The maximum Gasteiger partial charge on any atom is 0.312 e. The van der Waals surface area contributed by atoms with Gasteiger partial charge in [0.1, 0.15) is 0 Å². The van der Waals surface area contributed by atoms with Gasteiger partial charge in [0.2, 0.25) is 5.91 Å². The summed E-state index contributed by atoms with van der Waals surface area (Å²) >= 11 is 0. The van der Waals surface area contributed by atoms with Gasteiger partial charge in [-0.15, -0.1) is 0 Å². The molecule has 0 aliphatic rings. The third-order valence-electron chi connectivity index (χ3n) is 4.53. The van der Waals surface area contributed by atoms with Gasteiger partial charge in [0.05, 0.1) is 18.4 Å². The van der Waals surface area contributed by atoms with Crippen LogP contribution >= 0.6 is 0 Å². The fourth-order valence-electron chi connectivity index (χ4n) is 2.41. The molecular weight excluding hydrogens is 349 g/mol. The van der Waals surface area contributed by atoms with Crippen LogP contribution < -0.4 is 16.4 Å². The molecule has 5 N–H and O–H groups in total. The van der Waals surface area contributed by atoms with E-state index in [9.17, 15) is 14.0 Å². The van der Waals surface area contributed by atoms with Gasteiger partial charge in [-0.05, 0) is 42.5 Å². The van der Waals surface area contributed by atoms with Gasteiger partial charge in [0, 0.05) is 18.2 Å². The van der Waals surface area contributed by atoms with Crippen molar-refractivity contribution in [2.45, 2.75) is 40.2 Å². The maximum absolute atomic E-state index is 14.5. The Kier molecular flexibility index (Phi) is 9.50. The number of nitrogens with two attached hydrogens (primary N) is 1. The van der Waals surface area contributed by atoms with Crippen LogP contribution in [-0.4, -0.2) is 23.6 Å². The number of rotatable bonds is 10. The van der Waals surface area contributed by atoms with E-state index in [2.05, 4.69) is 10.6 Å². The van der Waals surface area contributed by atoms with Crippen LogP contribution in [0.3, 0.4) is 0 Å². The first kappa shape index (κ1) is 22.6. The average Bonchev–Trinajstić information content (AvgIpc) is 2.63. The van der Waals surface area contributed by atoms with Gasteiger partial charge in [-0.1, -0.05) is 32.9 Å². The molecule has 0 saturated heterocycles. The van der Waals surface area contributed by atoms with E-state index in [-0.39, 0.29) is 30.2 Å². The van der Waals surface area contributed by atoms with E-state index in [1.165, 1.54) is 6.08 Å². The number of allylic oxidation sites excluding steroid dienone is 1. The van der Waals surface area contributed by atoms with Crippen LogP contribution in [0.2, 0.25) is 0 Å².